The van der Waals surface area contributed by atoms with E-state index in [1.807, 2.05) is 0 Å². The van der Waals surface area contributed by atoms with Crippen molar-refractivity contribution in [3.8, 4) is 0 Å². The first-order valence-electron chi connectivity index (χ1n) is 8.63. The van der Waals surface area contributed by atoms with Crippen LogP contribution in [0.15, 0.2) is 0 Å². The van der Waals surface area contributed by atoms with Crippen molar-refractivity contribution in [3.05, 3.63) is 0 Å². The minimum atomic E-state index is 0.641. The maximum atomic E-state index is 3.77. The molecular weight excluding hydrogens is 232 g/mol. The number of rotatable bonds is 8. The van der Waals surface area contributed by atoms with Gasteiger partial charge in [0, 0.05) is 6.54 Å². The Balaban J connectivity index is 1.59. The van der Waals surface area contributed by atoms with Crippen LogP contribution >= 0.6 is 0 Å². The quantitative estimate of drug-likeness (QED) is 0.674. The van der Waals surface area contributed by atoms with Gasteiger partial charge in [0.15, 0.2) is 0 Å². The number of likely N-dealkylation sites (tertiary alicyclic amines) is 1. The van der Waals surface area contributed by atoms with Gasteiger partial charge in [0.1, 0.15) is 0 Å². The summed E-state index contributed by atoms with van der Waals surface area (Å²) in [5.41, 5.74) is 0.641. The number of nitrogens with zero attached hydrogens (tertiary/aromatic N) is 1. The van der Waals surface area contributed by atoms with Crippen LogP contribution < -0.4 is 5.32 Å². The third kappa shape index (κ3) is 5.07. The van der Waals surface area contributed by atoms with Crippen molar-refractivity contribution in [3.63, 3.8) is 0 Å². The van der Waals surface area contributed by atoms with Gasteiger partial charge < -0.3 is 10.2 Å². The summed E-state index contributed by atoms with van der Waals surface area (Å²) in [7, 11) is 0. The molecule has 1 heterocycles. The summed E-state index contributed by atoms with van der Waals surface area (Å²) in [4.78, 5) is 2.63. The SMILES string of the molecule is CC(C)CC1(CNCCCN2CCCC2)CCCC1. The Bertz CT molecular complexity index is 238. The van der Waals surface area contributed by atoms with Gasteiger partial charge in [0.2, 0.25) is 0 Å². The molecule has 1 N–H and O–H groups in total. The molecule has 0 unspecified atom stereocenters. The summed E-state index contributed by atoms with van der Waals surface area (Å²) in [6.45, 7) is 11.3. The molecule has 2 rings (SSSR count). The van der Waals surface area contributed by atoms with Crippen LogP contribution in [0.1, 0.15) is 65.2 Å². The molecule has 0 aromatic rings. The van der Waals surface area contributed by atoms with Crippen molar-refractivity contribution in [2.45, 2.75) is 65.2 Å². The Hall–Kier alpha value is -0.0800. The topological polar surface area (TPSA) is 15.3 Å². The smallest absolute Gasteiger partial charge is 0.000791 e. The molecule has 2 aliphatic rings. The lowest BCUT2D eigenvalue weighted by Crippen LogP contribution is -2.35. The second kappa shape index (κ2) is 7.64. The highest BCUT2D eigenvalue weighted by Gasteiger charge is 2.33. The molecule has 1 saturated heterocycles. The first-order valence-corrected chi connectivity index (χ1v) is 8.63. The predicted octanol–water partition coefficient (Wildman–Crippen LogP) is 3.67. The van der Waals surface area contributed by atoms with Crippen LogP contribution in [0.3, 0.4) is 0 Å². The van der Waals surface area contributed by atoms with Gasteiger partial charge in [-0.25, -0.2) is 0 Å². The van der Waals surface area contributed by atoms with Gasteiger partial charge in [0.25, 0.3) is 0 Å². The molecule has 0 amide bonds. The average molecular weight is 266 g/mol. The van der Waals surface area contributed by atoms with Crippen molar-refractivity contribution < 1.29 is 0 Å². The van der Waals surface area contributed by atoms with Crippen LogP contribution in [0.5, 0.6) is 0 Å². The predicted molar refractivity (Wildman–Crippen MR) is 83.5 cm³/mol. The summed E-state index contributed by atoms with van der Waals surface area (Å²) in [6, 6.07) is 0. The van der Waals surface area contributed by atoms with Crippen molar-refractivity contribution in [2.75, 3.05) is 32.7 Å². The van der Waals surface area contributed by atoms with Crippen LogP contribution in [-0.2, 0) is 0 Å². The van der Waals surface area contributed by atoms with Crippen molar-refractivity contribution in [1.82, 2.24) is 10.2 Å². The lowest BCUT2D eigenvalue weighted by Gasteiger charge is -2.31. The molecule has 2 fully saturated rings. The van der Waals surface area contributed by atoms with E-state index in [0.717, 1.165) is 5.92 Å². The molecule has 1 aliphatic carbocycles. The fourth-order valence-corrected chi connectivity index (χ4v) is 4.23. The Morgan fingerprint density at radius 3 is 2.37 bits per heavy atom. The van der Waals surface area contributed by atoms with Gasteiger partial charge in [-0.15, -0.1) is 0 Å². The maximum absolute atomic E-state index is 3.77. The molecule has 1 aliphatic heterocycles. The van der Waals surface area contributed by atoms with Crippen LogP contribution in [-0.4, -0.2) is 37.6 Å². The highest BCUT2D eigenvalue weighted by molar-refractivity contribution is 4.87. The molecule has 0 spiro atoms. The highest BCUT2D eigenvalue weighted by Crippen LogP contribution is 2.42. The van der Waals surface area contributed by atoms with Crippen molar-refractivity contribution in [2.24, 2.45) is 11.3 Å². The van der Waals surface area contributed by atoms with E-state index < -0.39 is 0 Å². The summed E-state index contributed by atoms with van der Waals surface area (Å²) in [5, 5.41) is 3.77. The van der Waals surface area contributed by atoms with Gasteiger partial charge in [0.05, 0.1) is 0 Å². The third-order valence-electron chi connectivity index (χ3n) is 5.03. The minimum Gasteiger partial charge on any atom is -0.316 e. The number of hydrogen-bond donors (Lipinski definition) is 1. The second-order valence-electron chi connectivity index (χ2n) is 7.38. The molecule has 0 aromatic carbocycles. The average Bonchev–Trinajstić information content (AvgIpc) is 3.00. The van der Waals surface area contributed by atoms with Gasteiger partial charge in [-0.1, -0.05) is 26.7 Å². The van der Waals surface area contributed by atoms with Gasteiger partial charge in [-0.05, 0) is 76.0 Å². The zero-order valence-corrected chi connectivity index (χ0v) is 13.2. The van der Waals surface area contributed by atoms with Crippen LogP contribution in [0, 0.1) is 11.3 Å². The molecule has 19 heavy (non-hydrogen) atoms. The standard InChI is InChI=1S/C17H34N2/c1-16(2)14-17(8-3-4-9-17)15-18-10-7-13-19-11-5-6-12-19/h16,18H,3-15H2,1-2H3. The summed E-state index contributed by atoms with van der Waals surface area (Å²) >= 11 is 0. The molecule has 0 radical (unpaired) electrons. The van der Waals surface area contributed by atoms with Gasteiger partial charge in [-0.2, -0.15) is 0 Å². The van der Waals surface area contributed by atoms with Crippen LogP contribution in [0.2, 0.25) is 0 Å². The molecule has 112 valence electrons. The van der Waals surface area contributed by atoms with Crippen molar-refractivity contribution >= 4 is 0 Å². The number of nitrogens with one attached hydrogen (secondary N) is 1. The van der Waals surface area contributed by atoms with E-state index in [2.05, 4.69) is 24.1 Å². The summed E-state index contributed by atoms with van der Waals surface area (Å²) < 4.78 is 0. The highest BCUT2D eigenvalue weighted by atomic mass is 15.1. The summed E-state index contributed by atoms with van der Waals surface area (Å²) in [5.74, 6) is 0.851. The number of hydrogen-bond acceptors (Lipinski definition) is 2. The normalized spacial score (nSPS) is 23.5. The first kappa shape index (κ1) is 15.3. The van der Waals surface area contributed by atoms with E-state index in [1.165, 1.54) is 84.1 Å². The zero-order chi connectivity index (χ0) is 13.6. The van der Waals surface area contributed by atoms with E-state index in [4.69, 9.17) is 0 Å². The Morgan fingerprint density at radius 2 is 1.74 bits per heavy atom. The summed E-state index contributed by atoms with van der Waals surface area (Å²) in [6.07, 6.45) is 11.4. The molecule has 0 bridgehead atoms. The van der Waals surface area contributed by atoms with E-state index in [-0.39, 0.29) is 0 Å². The fraction of sp³-hybridized carbons (Fsp3) is 1.00. The largest absolute Gasteiger partial charge is 0.316 e. The molecule has 2 heteroatoms. The monoisotopic (exact) mass is 266 g/mol. The van der Waals surface area contributed by atoms with E-state index in [9.17, 15) is 0 Å². The molecule has 0 aromatic heterocycles. The third-order valence-corrected chi connectivity index (χ3v) is 5.03. The van der Waals surface area contributed by atoms with Gasteiger partial charge >= 0.3 is 0 Å². The van der Waals surface area contributed by atoms with E-state index in [0.29, 0.717) is 5.41 Å². The minimum absolute atomic E-state index is 0.641. The molecular formula is C17H34N2. The second-order valence-corrected chi connectivity index (χ2v) is 7.38. The fourth-order valence-electron chi connectivity index (χ4n) is 4.23. The molecule has 0 atom stereocenters. The van der Waals surface area contributed by atoms with E-state index >= 15 is 0 Å². The van der Waals surface area contributed by atoms with E-state index in [1.54, 1.807) is 0 Å². The van der Waals surface area contributed by atoms with Gasteiger partial charge in [-0.3, -0.25) is 0 Å². The Labute approximate surface area is 120 Å². The molecule has 2 nitrogen and oxygen atoms in total. The lowest BCUT2D eigenvalue weighted by molar-refractivity contribution is 0.222. The Morgan fingerprint density at radius 1 is 1.05 bits per heavy atom. The lowest BCUT2D eigenvalue weighted by atomic mass is 9.78. The van der Waals surface area contributed by atoms with Crippen molar-refractivity contribution in [1.29, 1.82) is 0 Å². The first-order chi connectivity index (χ1) is 9.20. The van der Waals surface area contributed by atoms with Crippen LogP contribution in [0.25, 0.3) is 0 Å². The zero-order valence-electron chi connectivity index (χ0n) is 13.2. The maximum Gasteiger partial charge on any atom is 0.000791 e. The Kier molecular flexibility index (Phi) is 6.15. The molecule has 1 saturated carbocycles. The van der Waals surface area contributed by atoms with Crippen LogP contribution in [0.4, 0.5) is 0 Å².